The quantitative estimate of drug-likeness (QED) is 0.816. The van der Waals surface area contributed by atoms with Crippen LogP contribution in [-0.2, 0) is 0 Å². The standard InChI is InChI=1S/C16H19NO3S/c1-17(2)9-8-12(15-7-4-10-21-15)20-14-6-3-5-13-16(14)19-11-18-13/h3-7,10,12H,8-9,11H2,1-2H3. The van der Waals surface area contributed by atoms with Gasteiger partial charge in [-0.05, 0) is 37.7 Å². The number of thiophene rings is 1. The molecule has 2 heterocycles. The summed E-state index contributed by atoms with van der Waals surface area (Å²) >= 11 is 1.72. The van der Waals surface area contributed by atoms with Crippen LogP contribution >= 0.6 is 11.3 Å². The maximum Gasteiger partial charge on any atom is 0.231 e. The Balaban J connectivity index is 1.80. The molecule has 0 bridgehead atoms. The van der Waals surface area contributed by atoms with E-state index in [9.17, 15) is 0 Å². The number of hydrogen-bond acceptors (Lipinski definition) is 5. The van der Waals surface area contributed by atoms with Gasteiger partial charge in [0.25, 0.3) is 0 Å². The Hall–Kier alpha value is -1.72. The summed E-state index contributed by atoms with van der Waals surface area (Å²) in [4.78, 5) is 3.40. The lowest BCUT2D eigenvalue weighted by atomic mass is 10.2. The molecular weight excluding hydrogens is 286 g/mol. The van der Waals surface area contributed by atoms with Crippen LogP contribution in [0.3, 0.4) is 0 Å². The highest BCUT2D eigenvalue weighted by atomic mass is 32.1. The van der Waals surface area contributed by atoms with Crippen molar-refractivity contribution >= 4 is 11.3 Å². The summed E-state index contributed by atoms with van der Waals surface area (Å²) in [5.74, 6) is 2.22. The fourth-order valence-corrected chi connectivity index (χ4v) is 3.05. The zero-order valence-corrected chi connectivity index (χ0v) is 13.1. The van der Waals surface area contributed by atoms with Crippen molar-refractivity contribution in [3.63, 3.8) is 0 Å². The van der Waals surface area contributed by atoms with Gasteiger partial charge in [-0.15, -0.1) is 11.3 Å². The summed E-state index contributed by atoms with van der Waals surface area (Å²) in [6.07, 6.45) is 0.959. The smallest absolute Gasteiger partial charge is 0.231 e. The molecule has 112 valence electrons. The molecule has 1 aromatic heterocycles. The molecule has 21 heavy (non-hydrogen) atoms. The molecule has 0 spiro atoms. The highest BCUT2D eigenvalue weighted by molar-refractivity contribution is 7.10. The topological polar surface area (TPSA) is 30.9 Å². The predicted molar refractivity (Wildman–Crippen MR) is 83.4 cm³/mol. The summed E-state index contributed by atoms with van der Waals surface area (Å²) < 4.78 is 17.2. The van der Waals surface area contributed by atoms with E-state index in [1.54, 1.807) is 11.3 Å². The largest absolute Gasteiger partial charge is 0.481 e. The van der Waals surface area contributed by atoms with Crippen LogP contribution in [0.2, 0.25) is 0 Å². The molecule has 1 aliphatic heterocycles. The minimum absolute atomic E-state index is 0.0306. The van der Waals surface area contributed by atoms with E-state index in [1.165, 1.54) is 4.88 Å². The first-order chi connectivity index (χ1) is 10.2. The number of ether oxygens (including phenoxy) is 3. The van der Waals surface area contributed by atoms with Crippen LogP contribution in [0.4, 0.5) is 0 Å². The monoisotopic (exact) mass is 305 g/mol. The molecule has 0 saturated heterocycles. The first kappa shape index (κ1) is 14.2. The van der Waals surface area contributed by atoms with Gasteiger partial charge in [0.15, 0.2) is 11.5 Å². The van der Waals surface area contributed by atoms with E-state index >= 15 is 0 Å². The Kier molecular flexibility index (Phi) is 4.31. The van der Waals surface area contributed by atoms with Gasteiger partial charge in [0, 0.05) is 17.8 Å². The lowest BCUT2D eigenvalue weighted by molar-refractivity contribution is 0.155. The number of para-hydroxylation sites is 1. The fourth-order valence-electron chi connectivity index (χ4n) is 2.26. The summed E-state index contributed by atoms with van der Waals surface area (Å²) in [7, 11) is 4.14. The van der Waals surface area contributed by atoms with Crippen molar-refractivity contribution in [2.45, 2.75) is 12.5 Å². The molecule has 1 aliphatic rings. The van der Waals surface area contributed by atoms with Crippen LogP contribution in [0, 0.1) is 0 Å². The molecule has 0 saturated carbocycles. The van der Waals surface area contributed by atoms with Crippen LogP contribution in [-0.4, -0.2) is 32.3 Å². The van der Waals surface area contributed by atoms with Crippen molar-refractivity contribution in [3.05, 3.63) is 40.6 Å². The molecule has 1 aromatic carbocycles. The molecule has 2 aromatic rings. The molecule has 0 N–H and O–H groups in total. The van der Waals surface area contributed by atoms with Crippen LogP contribution in [0.5, 0.6) is 17.2 Å². The highest BCUT2D eigenvalue weighted by Gasteiger charge is 2.22. The maximum atomic E-state index is 6.23. The second kappa shape index (κ2) is 6.37. The van der Waals surface area contributed by atoms with Crippen molar-refractivity contribution in [2.75, 3.05) is 27.4 Å². The average Bonchev–Trinajstić information content (AvgIpc) is 3.13. The summed E-state index contributed by atoms with van der Waals surface area (Å²) in [6, 6.07) is 9.94. The third kappa shape index (κ3) is 3.31. The van der Waals surface area contributed by atoms with Gasteiger partial charge in [0.1, 0.15) is 6.10 Å². The Morgan fingerprint density at radius 3 is 2.90 bits per heavy atom. The van der Waals surface area contributed by atoms with Crippen LogP contribution in [0.1, 0.15) is 17.4 Å². The van der Waals surface area contributed by atoms with E-state index in [0.29, 0.717) is 5.75 Å². The zero-order valence-electron chi connectivity index (χ0n) is 12.2. The van der Waals surface area contributed by atoms with Gasteiger partial charge in [-0.25, -0.2) is 0 Å². The minimum atomic E-state index is 0.0306. The van der Waals surface area contributed by atoms with Crippen molar-refractivity contribution in [2.24, 2.45) is 0 Å². The van der Waals surface area contributed by atoms with Gasteiger partial charge in [-0.2, -0.15) is 0 Å². The molecule has 0 radical (unpaired) electrons. The average molecular weight is 305 g/mol. The highest BCUT2D eigenvalue weighted by Crippen LogP contribution is 2.42. The third-order valence-electron chi connectivity index (χ3n) is 3.33. The second-order valence-corrected chi connectivity index (χ2v) is 6.18. The van der Waals surface area contributed by atoms with Crippen molar-refractivity contribution in [3.8, 4) is 17.2 Å². The summed E-state index contributed by atoms with van der Waals surface area (Å²) in [6.45, 7) is 1.23. The van der Waals surface area contributed by atoms with Gasteiger partial charge in [0.05, 0.1) is 0 Å². The van der Waals surface area contributed by atoms with E-state index in [4.69, 9.17) is 14.2 Å². The predicted octanol–water partition coefficient (Wildman–Crippen LogP) is 3.55. The normalized spacial score (nSPS) is 14.4. The third-order valence-corrected chi connectivity index (χ3v) is 4.29. The molecule has 1 atom stereocenters. The number of nitrogens with zero attached hydrogens (tertiary/aromatic N) is 1. The first-order valence-corrected chi connectivity index (χ1v) is 7.85. The van der Waals surface area contributed by atoms with E-state index in [2.05, 4.69) is 36.5 Å². The van der Waals surface area contributed by atoms with Gasteiger partial charge < -0.3 is 19.1 Å². The minimum Gasteiger partial charge on any atom is -0.481 e. The number of hydrogen-bond donors (Lipinski definition) is 0. The molecule has 5 heteroatoms. The number of fused-ring (bicyclic) bond motifs is 1. The summed E-state index contributed by atoms with van der Waals surface area (Å²) in [5.41, 5.74) is 0. The number of benzene rings is 1. The Labute approximate surface area is 128 Å². The van der Waals surface area contributed by atoms with Crippen molar-refractivity contribution < 1.29 is 14.2 Å². The molecule has 0 amide bonds. The summed E-state index contributed by atoms with van der Waals surface area (Å²) in [5, 5.41) is 2.08. The SMILES string of the molecule is CN(C)CCC(Oc1cccc2c1OCO2)c1cccs1. The van der Waals surface area contributed by atoms with Gasteiger partial charge in [0.2, 0.25) is 12.5 Å². The van der Waals surface area contributed by atoms with Crippen molar-refractivity contribution in [1.82, 2.24) is 4.90 Å². The fraction of sp³-hybridized carbons (Fsp3) is 0.375. The van der Waals surface area contributed by atoms with E-state index in [0.717, 1.165) is 24.5 Å². The first-order valence-electron chi connectivity index (χ1n) is 6.97. The molecular formula is C16H19NO3S. The van der Waals surface area contributed by atoms with Gasteiger partial charge in [-0.3, -0.25) is 0 Å². The lowest BCUT2D eigenvalue weighted by Crippen LogP contribution is -2.18. The van der Waals surface area contributed by atoms with Gasteiger partial charge >= 0.3 is 0 Å². The van der Waals surface area contributed by atoms with Crippen LogP contribution < -0.4 is 14.2 Å². The molecule has 0 fully saturated rings. The zero-order chi connectivity index (χ0) is 14.7. The van der Waals surface area contributed by atoms with E-state index in [-0.39, 0.29) is 12.9 Å². The molecule has 4 nitrogen and oxygen atoms in total. The molecule has 0 aliphatic carbocycles. The van der Waals surface area contributed by atoms with Crippen LogP contribution in [0.25, 0.3) is 0 Å². The Morgan fingerprint density at radius 2 is 2.14 bits per heavy atom. The lowest BCUT2D eigenvalue weighted by Gasteiger charge is -2.20. The Bertz CT molecular complexity index is 583. The number of rotatable bonds is 6. The van der Waals surface area contributed by atoms with Crippen molar-refractivity contribution in [1.29, 1.82) is 0 Å². The van der Waals surface area contributed by atoms with E-state index < -0.39 is 0 Å². The molecule has 3 rings (SSSR count). The maximum absolute atomic E-state index is 6.23. The van der Waals surface area contributed by atoms with Gasteiger partial charge in [-0.1, -0.05) is 12.1 Å². The van der Waals surface area contributed by atoms with Crippen LogP contribution in [0.15, 0.2) is 35.7 Å². The van der Waals surface area contributed by atoms with E-state index in [1.807, 2.05) is 18.2 Å². The molecule has 1 unspecified atom stereocenters. The second-order valence-electron chi connectivity index (χ2n) is 5.20. The Morgan fingerprint density at radius 1 is 1.24 bits per heavy atom.